The SMILES string of the molecule is O=C1CC(=O)N1CN1CCC(c2noc3ccccc23)CC1. The van der Waals surface area contributed by atoms with Gasteiger partial charge in [-0.3, -0.25) is 19.4 Å². The maximum atomic E-state index is 11.4. The van der Waals surface area contributed by atoms with Crippen LogP contribution in [0.15, 0.2) is 28.8 Å². The minimum atomic E-state index is -0.0605. The number of amides is 2. The Morgan fingerprint density at radius 2 is 1.86 bits per heavy atom. The van der Waals surface area contributed by atoms with Crippen molar-refractivity contribution in [2.75, 3.05) is 19.8 Å². The molecule has 0 aliphatic carbocycles. The van der Waals surface area contributed by atoms with Gasteiger partial charge in [-0.2, -0.15) is 0 Å². The number of hydrogen-bond donors (Lipinski definition) is 0. The van der Waals surface area contributed by atoms with Crippen LogP contribution in [0.3, 0.4) is 0 Å². The van der Waals surface area contributed by atoms with Crippen molar-refractivity contribution in [1.29, 1.82) is 0 Å². The van der Waals surface area contributed by atoms with E-state index in [0.717, 1.165) is 42.6 Å². The van der Waals surface area contributed by atoms with Gasteiger partial charge in [0.15, 0.2) is 5.58 Å². The van der Waals surface area contributed by atoms with Gasteiger partial charge in [0.05, 0.1) is 12.4 Å². The Balaban J connectivity index is 1.41. The molecular weight excluding hydrogens is 282 g/mol. The van der Waals surface area contributed by atoms with Gasteiger partial charge < -0.3 is 4.52 Å². The van der Waals surface area contributed by atoms with E-state index in [1.165, 1.54) is 4.90 Å². The summed E-state index contributed by atoms with van der Waals surface area (Å²) in [5.74, 6) is 0.256. The van der Waals surface area contributed by atoms with E-state index in [1.807, 2.05) is 24.3 Å². The minimum Gasteiger partial charge on any atom is -0.356 e. The molecule has 6 nitrogen and oxygen atoms in total. The predicted octanol–water partition coefficient (Wildman–Crippen LogP) is 1.72. The van der Waals surface area contributed by atoms with Crippen LogP contribution >= 0.6 is 0 Å². The van der Waals surface area contributed by atoms with Crippen molar-refractivity contribution < 1.29 is 14.1 Å². The molecule has 22 heavy (non-hydrogen) atoms. The molecule has 2 saturated heterocycles. The van der Waals surface area contributed by atoms with E-state index in [0.29, 0.717) is 12.6 Å². The fourth-order valence-electron chi connectivity index (χ4n) is 3.27. The van der Waals surface area contributed by atoms with Crippen LogP contribution in [0.1, 0.15) is 30.9 Å². The number of fused-ring (bicyclic) bond motifs is 1. The summed E-state index contributed by atoms with van der Waals surface area (Å²) >= 11 is 0. The van der Waals surface area contributed by atoms with Crippen LogP contribution in [0, 0.1) is 0 Å². The first kappa shape index (κ1) is 13.5. The fourth-order valence-corrected chi connectivity index (χ4v) is 3.27. The van der Waals surface area contributed by atoms with E-state index >= 15 is 0 Å². The zero-order valence-electron chi connectivity index (χ0n) is 12.2. The Bertz CT molecular complexity index is 717. The summed E-state index contributed by atoms with van der Waals surface area (Å²) in [6.07, 6.45) is 2.00. The molecule has 2 aliphatic rings. The minimum absolute atomic E-state index is 0.0605. The largest absolute Gasteiger partial charge is 0.356 e. The Hall–Kier alpha value is -2.21. The van der Waals surface area contributed by atoms with Gasteiger partial charge in [0.2, 0.25) is 11.8 Å². The number of hydrogen-bond acceptors (Lipinski definition) is 5. The van der Waals surface area contributed by atoms with Crippen molar-refractivity contribution >= 4 is 22.8 Å². The highest BCUT2D eigenvalue weighted by atomic mass is 16.5. The predicted molar refractivity (Wildman–Crippen MR) is 78.9 cm³/mol. The molecule has 1 aromatic heterocycles. The van der Waals surface area contributed by atoms with Crippen molar-refractivity contribution in [1.82, 2.24) is 15.0 Å². The van der Waals surface area contributed by atoms with Crippen molar-refractivity contribution in [3.63, 3.8) is 0 Å². The number of carbonyl (C=O) groups is 2. The number of piperidine rings is 1. The second kappa shape index (κ2) is 5.21. The average Bonchev–Trinajstić information content (AvgIpc) is 2.97. The Morgan fingerprint density at radius 1 is 1.14 bits per heavy atom. The summed E-state index contributed by atoms with van der Waals surface area (Å²) in [6.45, 7) is 2.16. The zero-order chi connectivity index (χ0) is 15.1. The molecule has 2 aromatic rings. The second-order valence-corrected chi connectivity index (χ2v) is 5.99. The third-order valence-corrected chi connectivity index (χ3v) is 4.63. The maximum Gasteiger partial charge on any atom is 0.239 e. The van der Waals surface area contributed by atoms with Gasteiger partial charge in [-0.25, -0.2) is 0 Å². The number of imide groups is 1. The molecule has 0 atom stereocenters. The number of nitrogens with zero attached hydrogens (tertiary/aromatic N) is 3. The van der Waals surface area contributed by atoms with Crippen LogP contribution in [0.2, 0.25) is 0 Å². The van der Waals surface area contributed by atoms with E-state index < -0.39 is 0 Å². The highest BCUT2D eigenvalue weighted by Gasteiger charge is 2.36. The maximum absolute atomic E-state index is 11.4. The summed E-state index contributed by atoms with van der Waals surface area (Å²) in [4.78, 5) is 26.2. The Labute approximate surface area is 127 Å². The summed E-state index contributed by atoms with van der Waals surface area (Å²) in [5, 5.41) is 5.34. The smallest absolute Gasteiger partial charge is 0.239 e. The molecule has 2 amide bonds. The van der Waals surface area contributed by atoms with E-state index in [1.54, 1.807) is 0 Å². The van der Waals surface area contributed by atoms with Gasteiger partial charge in [-0.1, -0.05) is 17.3 Å². The van der Waals surface area contributed by atoms with Crippen LogP contribution in [-0.4, -0.2) is 46.5 Å². The standard InChI is InChI=1S/C16H17N3O3/c20-14-9-15(21)19(14)10-18-7-5-11(6-8-18)16-12-3-1-2-4-13(12)22-17-16/h1-4,11H,5-10H2. The Kier molecular flexibility index (Phi) is 3.18. The molecule has 4 rings (SSSR count). The highest BCUT2D eigenvalue weighted by Crippen LogP contribution is 2.32. The number of likely N-dealkylation sites (tertiary alicyclic amines) is 2. The van der Waals surface area contributed by atoms with E-state index in [2.05, 4.69) is 10.1 Å². The van der Waals surface area contributed by atoms with E-state index in [9.17, 15) is 9.59 Å². The van der Waals surface area contributed by atoms with Gasteiger partial charge >= 0.3 is 0 Å². The lowest BCUT2D eigenvalue weighted by Gasteiger charge is -2.37. The first-order chi connectivity index (χ1) is 10.7. The molecule has 0 unspecified atom stereocenters. The molecule has 0 radical (unpaired) electrons. The highest BCUT2D eigenvalue weighted by molar-refractivity contribution is 6.14. The van der Waals surface area contributed by atoms with Crippen LogP contribution in [0.4, 0.5) is 0 Å². The van der Waals surface area contributed by atoms with Crippen molar-refractivity contribution in [3.8, 4) is 0 Å². The van der Waals surface area contributed by atoms with Gasteiger partial charge in [-0.05, 0) is 25.0 Å². The zero-order valence-corrected chi connectivity index (χ0v) is 12.2. The van der Waals surface area contributed by atoms with Crippen LogP contribution in [0.5, 0.6) is 0 Å². The summed E-state index contributed by atoms with van der Waals surface area (Å²) < 4.78 is 5.39. The number of rotatable bonds is 3. The third kappa shape index (κ3) is 2.20. The van der Waals surface area contributed by atoms with Gasteiger partial charge in [0.1, 0.15) is 6.42 Å². The Morgan fingerprint density at radius 3 is 2.59 bits per heavy atom. The summed E-state index contributed by atoms with van der Waals surface area (Å²) in [7, 11) is 0. The number of para-hydroxylation sites is 1. The van der Waals surface area contributed by atoms with Gasteiger partial charge in [0, 0.05) is 24.4 Å². The van der Waals surface area contributed by atoms with Crippen molar-refractivity contribution in [3.05, 3.63) is 30.0 Å². The first-order valence-corrected chi connectivity index (χ1v) is 7.62. The fraction of sp³-hybridized carbons (Fsp3) is 0.438. The number of β-lactam (4-membered cyclic amide) rings is 2. The molecule has 114 valence electrons. The average molecular weight is 299 g/mol. The molecule has 2 aliphatic heterocycles. The second-order valence-electron chi connectivity index (χ2n) is 5.99. The number of carbonyl (C=O) groups excluding carboxylic acids is 2. The van der Waals surface area contributed by atoms with Crippen LogP contribution < -0.4 is 0 Å². The van der Waals surface area contributed by atoms with Gasteiger partial charge in [-0.15, -0.1) is 0 Å². The quantitative estimate of drug-likeness (QED) is 0.638. The normalized spacial score (nSPS) is 20.6. The van der Waals surface area contributed by atoms with E-state index in [-0.39, 0.29) is 18.2 Å². The monoisotopic (exact) mass is 299 g/mol. The first-order valence-electron chi connectivity index (χ1n) is 7.62. The van der Waals surface area contributed by atoms with Crippen LogP contribution in [0.25, 0.3) is 11.0 Å². The van der Waals surface area contributed by atoms with Crippen molar-refractivity contribution in [2.24, 2.45) is 0 Å². The lowest BCUT2D eigenvalue weighted by atomic mass is 9.92. The van der Waals surface area contributed by atoms with Gasteiger partial charge in [0.25, 0.3) is 0 Å². The molecule has 6 heteroatoms. The van der Waals surface area contributed by atoms with E-state index in [4.69, 9.17) is 4.52 Å². The molecular formula is C16H17N3O3. The number of aromatic nitrogens is 1. The molecule has 2 fully saturated rings. The van der Waals surface area contributed by atoms with Crippen LogP contribution in [-0.2, 0) is 9.59 Å². The van der Waals surface area contributed by atoms with Crippen molar-refractivity contribution in [2.45, 2.75) is 25.2 Å². The molecule has 3 heterocycles. The summed E-state index contributed by atoms with van der Waals surface area (Å²) in [5.41, 5.74) is 1.86. The molecule has 0 saturated carbocycles. The summed E-state index contributed by atoms with van der Waals surface area (Å²) in [6, 6.07) is 7.92. The molecule has 0 spiro atoms. The lowest BCUT2D eigenvalue weighted by Crippen LogP contribution is -2.54. The third-order valence-electron chi connectivity index (χ3n) is 4.63. The molecule has 0 N–H and O–H groups in total. The topological polar surface area (TPSA) is 66.7 Å². The lowest BCUT2D eigenvalue weighted by molar-refractivity contribution is -0.160. The molecule has 0 bridgehead atoms. The molecule has 1 aromatic carbocycles. The number of benzene rings is 1.